The quantitative estimate of drug-likeness (QED) is 0.496. The number of hydrogen-bond donors (Lipinski definition) is 0. The van der Waals surface area contributed by atoms with Crippen molar-refractivity contribution in [3.8, 4) is 5.75 Å². The highest BCUT2D eigenvalue weighted by atomic mass is 32.1. The van der Waals surface area contributed by atoms with E-state index < -0.39 is 0 Å². The average Bonchev–Trinajstić information content (AvgIpc) is 3.24. The van der Waals surface area contributed by atoms with Crippen LogP contribution < -0.4 is 9.64 Å². The fourth-order valence-electron chi connectivity index (χ4n) is 4.89. The predicted molar refractivity (Wildman–Crippen MR) is 138 cm³/mol. The van der Waals surface area contributed by atoms with Crippen LogP contribution in [0.3, 0.4) is 0 Å². The molecule has 34 heavy (non-hydrogen) atoms. The highest BCUT2D eigenvalue weighted by Gasteiger charge is 2.29. The van der Waals surface area contributed by atoms with Crippen LogP contribution in [0.25, 0.3) is 10.2 Å². The largest absolute Gasteiger partial charge is 0.484 e. The van der Waals surface area contributed by atoms with Gasteiger partial charge < -0.3 is 14.5 Å². The van der Waals surface area contributed by atoms with Crippen molar-refractivity contribution in [1.29, 1.82) is 0 Å². The Labute approximate surface area is 206 Å². The normalized spacial score (nSPS) is 19.2. The lowest BCUT2D eigenvalue weighted by Crippen LogP contribution is -2.50. The van der Waals surface area contributed by atoms with Gasteiger partial charge in [-0.05, 0) is 49.3 Å². The van der Waals surface area contributed by atoms with Gasteiger partial charge in [-0.2, -0.15) is 0 Å². The number of thiophene rings is 1. The molecular formula is C27H34N4O2S. The van der Waals surface area contributed by atoms with Crippen molar-refractivity contribution in [2.24, 2.45) is 5.92 Å². The number of para-hydroxylation sites is 1. The molecule has 1 amide bonds. The Morgan fingerprint density at radius 1 is 1.18 bits per heavy atom. The number of benzene rings is 1. The Bertz CT molecular complexity index is 1150. The molecule has 0 bridgehead atoms. The summed E-state index contributed by atoms with van der Waals surface area (Å²) in [6.45, 7) is 9.77. The molecule has 6 nitrogen and oxygen atoms in total. The van der Waals surface area contributed by atoms with Gasteiger partial charge in [0, 0.05) is 37.0 Å². The van der Waals surface area contributed by atoms with Crippen LogP contribution in [0.4, 0.5) is 5.82 Å². The Morgan fingerprint density at radius 2 is 1.94 bits per heavy atom. The summed E-state index contributed by atoms with van der Waals surface area (Å²) in [5, 5.41) is 1.27. The van der Waals surface area contributed by atoms with Crippen LogP contribution in [0.1, 0.15) is 55.8 Å². The number of amides is 1. The van der Waals surface area contributed by atoms with E-state index in [1.54, 1.807) is 0 Å². The fraction of sp³-hybridized carbons (Fsp3) is 0.519. The zero-order valence-electron chi connectivity index (χ0n) is 20.4. The highest BCUT2D eigenvalue weighted by molar-refractivity contribution is 7.19. The smallest absolute Gasteiger partial charge is 0.260 e. The lowest BCUT2D eigenvalue weighted by Gasteiger charge is -2.36. The van der Waals surface area contributed by atoms with E-state index in [0.717, 1.165) is 60.5 Å². The Balaban J connectivity index is 1.35. The summed E-state index contributed by atoms with van der Waals surface area (Å²) in [6, 6.07) is 9.53. The number of ether oxygens (including phenoxy) is 1. The van der Waals surface area contributed by atoms with Crippen LogP contribution in [0.5, 0.6) is 5.75 Å². The topological polar surface area (TPSA) is 58.6 Å². The first kappa shape index (κ1) is 23.1. The van der Waals surface area contributed by atoms with Crippen LogP contribution >= 0.6 is 11.3 Å². The summed E-state index contributed by atoms with van der Waals surface area (Å²) in [5.74, 6) is 3.87. The standard InChI is InChI=1S/C27H34N4O2S/c1-4-19(3)25-28-26(24-21-11-10-18(2)16-22(21)34-27(24)29-25)31-14-12-30(13-15-31)23(32)17-33-20-8-6-5-7-9-20/h5-9,18-19H,4,10-17H2,1-3H3/t18-,19-/m0/s1. The lowest BCUT2D eigenvalue weighted by atomic mass is 9.89. The molecule has 2 aliphatic rings. The van der Waals surface area contributed by atoms with Crippen molar-refractivity contribution in [3.05, 3.63) is 46.6 Å². The van der Waals surface area contributed by atoms with Gasteiger partial charge in [0.25, 0.3) is 5.91 Å². The third-order valence-corrected chi connectivity index (χ3v) is 8.39. The van der Waals surface area contributed by atoms with E-state index >= 15 is 0 Å². The van der Waals surface area contributed by atoms with Crippen molar-refractivity contribution in [2.75, 3.05) is 37.7 Å². The first-order valence-corrected chi connectivity index (χ1v) is 13.4. The molecule has 1 aliphatic heterocycles. The molecule has 1 aliphatic carbocycles. The second kappa shape index (κ2) is 9.90. The first-order valence-electron chi connectivity index (χ1n) is 12.6. The molecule has 0 spiro atoms. The molecule has 180 valence electrons. The summed E-state index contributed by atoms with van der Waals surface area (Å²) in [6.07, 6.45) is 4.52. The van der Waals surface area contributed by atoms with E-state index in [1.807, 2.05) is 46.6 Å². The van der Waals surface area contributed by atoms with E-state index in [9.17, 15) is 4.79 Å². The highest BCUT2D eigenvalue weighted by Crippen LogP contribution is 2.41. The zero-order valence-corrected chi connectivity index (χ0v) is 21.2. The summed E-state index contributed by atoms with van der Waals surface area (Å²) < 4.78 is 5.68. The van der Waals surface area contributed by atoms with E-state index in [-0.39, 0.29) is 12.5 Å². The summed E-state index contributed by atoms with van der Waals surface area (Å²) in [5.41, 5.74) is 1.47. The summed E-state index contributed by atoms with van der Waals surface area (Å²) >= 11 is 1.87. The molecule has 3 heterocycles. The van der Waals surface area contributed by atoms with Gasteiger partial charge in [0.2, 0.25) is 0 Å². The maximum Gasteiger partial charge on any atom is 0.260 e. The fourth-order valence-corrected chi connectivity index (χ4v) is 6.28. The second-order valence-corrected chi connectivity index (χ2v) is 10.8. The van der Waals surface area contributed by atoms with E-state index in [0.29, 0.717) is 19.0 Å². The molecule has 3 aromatic rings. The van der Waals surface area contributed by atoms with Crippen LogP contribution in [-0.2, 0) is 17.6 Å². The van der Waals surface area contributed by atoms with Gasteiger partial charge >= 0.3 is 0 Å². The van der Waals surface area contributed by atoms with Gasteiger partial charge in [0.05, 0.1) is 5.39 Å². The number of fused-ring (bicyclic) bond motifs is 3. The van der Waals surface area contributed by atoms with Crippen molar-refractivity contribution >= 4 is 33.3 Å². The number of aryl methyl sites for hydroxylation is 1. The third kappa shape index (κ3) is 4.63. The van der Waals surface area contributed by atoms with Crippen LogP contribution in [0, 0.1) is 5.92 Å². The SMILES string of the molecule is CC[C@H](C)c1nc(N2CCN(C(=O)COc3ccccc3)CC2)c2c3c(sc2n1)C[C@@H](C)CC3. The van der Waals surface area contributed by atoms with Crippen LogP contribution in [0.15, 0.2) is 30.3 Å². The number of piperazine rings is 1. The number of carbonyl (C=O) groups excluding carboxylic acids is 1. The van der Waals surface area contributed by atoms with Gasteiger partial charge in [-0.25, -0.2) is 9.97 Å². The Hall–Kier alpha value is -2.67. The second-order valence-electron chi connectivity index (χ2n) is 9.72. The Kier molecular flexibility index (Phi) is 6.73. The molecule has 0 saturated carbocycles. The predicted octanol–water partition coefficient (Wildman–Crippen LogP) is 5.06. The minimum Gasteiger partial charge on any atom is -0.484 e. The molecule has 2 atom stereocenters. The van der Waals surface area contributed by atoms with E-state index in [4.69, 9.17) is 14.7 Å². The summed E-state index contributed by atoms with van der Waals surface area (Å²) in [4.78, 5) is 29.8. The van der Waals surface area contributed by atoms with Gasteiger partial charge in [0.1, 0.15) is 22.2 Å². The Morgan fingerprint density at radius 3 is 2.68 bits per heavy atom. The molecule has 5 rings (SSSR count). The number of anilines is 1. The van der Waals surface area contributed by atoms with Crippen molar-refractivity contribution in [1.82, 2.24) is 14.9 Å². The molecule has 0 unspecified atom stereocenters. The van der Waals surface area contributed by atoms with E-state index in [1.165, 1.54) is 22.2 Å². The molecular weight excluding hydrogens is 444 g/mol. The molecule has 1 aromatic carbocycles. The third-order valence-electron chi connectivity index (χ3n) is 7.24. The minimum absolute atomic E-state index is 0.0403. The maximum atomic E-state index is 12.7. The molecule has 7 heteroatoms. The molecule has 0 N–H and O–H groups in total. The van der Waals surface area contributed by atoms with Crippen molar-refractivity contribution < 1.29 is 9.53 Å². The number of carbonyl (C=O) groups is 1. The lowest BCUT2D eigenvalue weighted by molar-refractivity contribution is -0.133. The van der Waals surface area contributed by atoms with Gasteiger partial charge in [-0.1, -0.05) is 39.0 Å². The number of rotatable bonds is 6. The van der Waals surface area contributed by atoms with Crippen molar-refractivity contribution in [3.63, 3.8) is 0 Å². The average molecular weight is 479 g/mol. The maximum absolute atomic E-state index is 12.7. The van der Waals surface area contributed by atoms with Crippen LogP contribution in [0.2, 0.25) is 0 Å². The number of aromatic nitrogens is 2. The van der Waals surface area contributed by atoms with Gasteiger partial charge in [-0.3, -0.25) is 4.79 Å². The van der Waals surface area contributed by atoms with Crippen molar-refractivity contribution in [2.45, 2.75) is 52.4 Å². The number of hydrogen-bond acceptors (Lipinski definition) is 6. The van der Waals surface area contributed by atoms with Crippen LogP contribution in [-0.4, -0.2) is 53.6 Å². The monoisotopic (exact) mass is 478 g/mol. The molecule has 2 aromatic heterocycles. The number of nitrogens with zero attached hydrogens (tertiary/aromatic N) is 4. The molecule has 1 saturated heterocycles. The zero-order chi connectivity index (χ0) is 23.7. The van der Waals surface area contributed by atoms with E-state index in [2.05, 4.69) is 25.7 Å². The molecule has 0 radical (unpaired) electrons. The minimum atomic E-state index is 0.0403. The molecule has 1 fully saturated rings. The first-order chi connectivity index (χ1) is 16.5. The summed E-state index contributed by atoms with van der Waals surface area (Å²) in [7, 11) is 0. The van der Waals surface area contributed by atoms with Gasteiger partial charge in [0.15, 0.2) is 6.61 Å². The van der Waals surface area contributed by atoms with Gasteiger partial charge in [-0.15, -0.1) is 11.3 Å².